The third-order valence-electron chi connectivity index (χ3n) is 4.03. The van der Waals surface area contributed by atoms with Crippen LogP contribution in [0.2, 0.25) is 0 Å². The number of hydrogen-bond acceptors (Lipinski definition) is 3. The highest BCUT2D eigenvalue weighted by atomic mass is 79.9. The van der Waals surface area contributed by atoms with Crippen LogP contribution >= 0.6 is 15.9 Å². The van der Waals surface area contributed by atoms with Crippen LogP contribution in [0.1, 0.15) is 16.7 Å². The zero-order valence-corrected chi connectivity index (χ0v) is 16.4. The summed E-state index contributed by atoms with van der Waals surface area (Å²) in [6.45, 7) is 0.451. The van der Waals surface area contributed by atoms with Crippen LogP contribution in [-0.2, 0) is 6.61 Å². The maximum atomic E-state index is 9.53. The Morgan fingerprint density at radius 2 is 1.67 bits per heavy atom. The quantitative estimate of drug-likeness (QED) is 0.357. The van der Waals surface area contributed by atoms with Crippen molar-refractivity contribution in [1.82, 2.24) is 0 Å². The average Bonchev–Trinajstić information content (AvgIpc) is 2.73. The van der Waals surface area contributed by atoms with Crippen LogP contribution in [0, 0.1) is 11.3 Å². The van der Waals surface area contributed by atoms with Gasteiger partial charge >= 0.3 is 0 Å². The Balaban J connectivity index is 1.90. The van der Waals surface area contributed by atoms with Crippen molar-refractivity contribution in [2.24, 2.45) is 0 Å². The molecule has 0 aliphatic rings. The molecule has 0 fully saturated rings. The third-order valence-corrected chi connectivity index (χ3v) is 4.71. The van der Waals surface area contributed by atoms with Crippen molar-refractivity contribution in [2.75, 3.05) is 7.11 Å². The summed E-state index contributed by atoms with van der Waals surface area (Å²) >= 11 is 3.58. The molecule has 0 spiro atoms. The van der Waals surface area contributed by atoms with Gasteiger partial charge in [0.15, 0.2) is 11.5 Å². The second-order valence-corrected chi connectivity index (χ2v) is 6.69. The molecule has 0 aliphatic heterocycles. The molecule has 0 aliphatic carbocycles. The van der Waals surface area contributed by atoms with Crippen LogP contribution in [0.4, 0.5) is 0 Å². The molecule has 134 valence electrons. The highest BCUT2D eigenvalue weighted by Crippen LogP contribution is 2.35. The minimum absolute atomic E-state index is 0.451. The monoisotopic (exact) mass is 419 g/mol. The molecule has 0 atom stereocenters. The molecule has 0 radical (unpaired) electrons. The number of rotatable bonds is 6. The van der Waals surface area contributed by atoms with Gasteiger partial charge in [0.25, 0.3) is 0 Å². The molecule has 0 unspecified atom stereocenters. The number of nitriles is 1. The van der Waals surface area contributed by atoms with Crippen LogP contribution in [0.5, 0.6) is 11.5 Å². The number of allylic oxidation sites excluding steroid dienone is 1. The second kappa shape index (κ2) is 9.07. The zero-order chi connectivity index (χ0) is 19.1. The molecular formula is C23H18BrNO2. The van der Waals surface area contributed by atoms with Gasteiger partial charge in [-0.3, -0.25) is 0 Å². The van der Waals surface area contributed by atoms with Gasteiger partial charge in [-0.05, 0) is 34.9 Å². The van der Waals surface area contributed by atoms with Gasteiger partial charge in [-0.1, -0.05) is 76.6 Å². The molecule has 0 amide bonds. The smallest absolute Gasteiger partial charge is 0.162 e. The molecule has 3 rings (SSSR count). The third kappa shape index (κ3) is 4.78. The highest BCUT2D eigenvalue weighted by molar-refractivity contribution is 9.10. The van der Waals surface area contributed by atoms with Crippen molar-refractivity contribution >= 4 is 27.6 Å². The lowest BCUT2D eigenvalue weighted by Gasteiger charge is -2.13. The van der Waals surface area contributed by atoms with Crippen molar-refractivity contribution in [2.45, 2.75) is 6.61 Å². The summed E-state index contributed by atoms with van der Waals surface area (Å²) in [5.41, 5.74) is 3.38. The summed E-state index contributed by atoms with van der Waals surface area (Å²) in [5, 5.41) is 9.53. The number of hydrogen-bond donors (Lipinski definition) is 0. The Bertz CT molecular complexity index is 977. The van der Waals surface area contributed by atoms with Crippen LogP contribution < -0.4 is 9.47 Å². The van der Waals surface area contributed by atoms with Gasteiger partial charge in [0.2, 0.25) is 0 Å². The van der Waals surface area contributed by atoms with Crippen LogP contribution in [0.3, 0.4) is 0 Å². The first-order valence-electron chi connectivity index (χ1n) is 8.42. The summed E-state index contributed by atoms with van der Waals surface area (Å²) in [7, 11) is 1.61. The summed E-state index contributed by atoms with van der Waals surface area (Å²) in [5.74, 6) is 1.26. The lowest BCUT2D eigenvalue weighted by molar-refractivity contribution is 0.284. The van der Waals surface area contributed by atoms with Crippen LogP contribution in [0.25, 0.3) is 11.6 Å². The van der Waals surface area contributed by atoms with Crippen molar-refractivity contribution in [3.63, 3.8) is 0 Å². The molecule has 3 nitrogen and oxygen atoms in total. The van der Waals surface area contributed by atoms with Gasteiger partial charge in [0.05, 0.1) is 18.8 Å². The number of halogens is 1. The van der Waals surface area contributed by atoms with E-state index in [0.29, 0.717) is 23.7 Å². The van der Waals surface area contributed by atoms with Gasteiger partial charge in [-0.2, -0.15) is 5.26 Å². The molecule has 0 N–H and O–H groups in total. The van der Waals surface area contributed by atoms with E-state index in [1.165, 1.54) is 0 Å². The predicted octanol–water partition coefficient (Wildman–Crippen LogP) is 6.10. The Morgan fingerprint density at radius 3 is 2.30 bits per heavy atom. The Morgan fingerprint density at radius 1 is 1.00 bits per heavy atom. The fourth-order valence-corrected chi connectivity index (χ4v) is 3.06. The highest BCUT2D eigenvalue weighted by Gasteiger charge is 2.11. The molecule has 0 aromatic heterocycles. The van der Waals surface area contributed by atoms with Gasteiger partial charge in [-0.25, -0.2) is 0 Å². The predicted molar refractivity (Wildman–Crippen MR) is 111 cm³/mol. The number of benzene rings is 3. The van der Waals surface area contributed by atoms with E-state index < -0.39 is 0 Å². The van der Waals surface area contributed by atoms with E-state index in [9.17, 15) is 5.26 Å². The van der Waals surface area contributed by atoms with Gasteiger partial charge < -0.3 is 9.47 Å². The average molecular weight is 420 g/mol. The number of ether oxygens (including phenoxy) is 2. The summed E-state index contributed by atoms with van der Waals surface area (Å²) in [6, 6.07) is 25.5. The fourth-order valence-electron chi connectivity index (χ4n) is 2.62. The lowest BCUT2D eigenvalue weighted by atomic mass is 10.0. The molecule has 4 heteroatoms. The van der Waals surface area contributed by atoms with Crippen LogP contribution in [-0.4, -0.2) is 7.11 Å². The van der Waals surface area contributed by atoms with Gasteiger partial charge in [0.1, 0.15) is 6.61 Å². The summed E-state index contributed by atoms with van der Waals surface area (Å²) in [6.07, 6.45) is 1.84. The van der Waals surface area contributed by atoms with E-state index in [4.69, 9.17) is 9.47 Å². The van der Waals surface area contributed by atoms with E-state index >= 15 is 0 Å². The van der Waals surface area contributed by atoms with Gasteiger partial charge in [0, 0.05) is 4.47 Å². The largest absolute Gasteiger partial charge is 0.493 e. The Hall–Kier alpha value is -3.03. The minimum Gasteiger partial charge on any atom is -0.493 e. The van der Waals surface area contributed by atoms with Gasteiger partial charge in [-0.15, -0.1) is 0 Å². The second-order valence-electron chi connectivity index (χ2n) is 5.83. The van der Waals surface area contributed by atoms with E-state index in [1.54, 1.807) is 7.11 Å². The minimum atomic E-state index is 0.451. The standard InChI is InChI=1S/C23H18BrNO2/c1-26-22-13-19(12-20(15-25)18-10-6-3-7-11-18)21(24)14-23(22)27-16-17-8-4-2-5-9-17/h2-14H,16H2,1H3. The first-order valence-corrected chi connectivity index (χ1v) is 9.22. The Kier molecular flexibility index (Phi) is 6.30. The van der Waals surface area contributed by atoms with E-state index in [-0.39, 0.29) is 0 Å². The zero-order valence-electron chi connectivity index (χ0n) is 14.9. The summed E-state index contributed by atoms with van der Waals surface area (Å²) in [4.78, 5) is 0. The van der Waals surface area contributed by atoms with Crippen LogP contribution in [0.15, 0.2) is 77.3 Å². The number of methoxy groups -OCH3 is 1. The normalized spacial score (nSPS) is 10.9. The van der Waals surface area contributed by atoms with E-state index in [0.717, 1.165) is 21.2 Å². The fraction of sp³-hybridized carbons (Fsp3) is 0.0870. The topological polar surface area (TPSA) is 42.2 Å². The molecular weight excluding hydrogens is 402 g/mol. The molecule has 3 aromatic rings. The van der Waals surface area contributed by atoms with Crippen molar-refractivity contribution in [1.29, 1.82) is 5.26 Å². The van der Waals surface area contributed by atoms with E-state index in [2.05, 4.69) is 22.0 Å². The molecule has 0 saturated carbocycles. The van der Waals surface area contributed by atoms with Crippen molar-refractivity contribution in [3.8, 4) is 17.6 Å². The van der Waals surface area contributed by atoms with Crippen molar-refractivity contribution < 1.29 is 9.47 Å². The maximum Gasteiger partial charge on any atom is 0.162 e. The molecule has 0 saturated heterocycles. The lowest BCUT2D eigenvalue weighted by Crippen LogP contribution is -1.98. The first-order chi connectivity index (χ1) is 13.2. The van der Waals surface area contributed by atoms with E-state index in [1.807, 2.05) is 78.9 Å². The Labute approximate surface area is 167 Å². The molecule has 0 bridgehead atoms. The summed E-state index contributed by atoms with van der Waals surface area (Å²) < 4.78 is 12.2. The first kappa shape index (κ1) is 18.8. The maximum absolute atomic E-state index is 9.53. The number of nitrogens with zero attached hydrogens (tertiary/aromatic N) is 1. The molecule has 3 aromatic carbocycles. The molecule has 0 heterocycles. The molecule has 27 heavy (non-hydrogen) atoms. The van der Waals surface area contributed by atoms with Crippen molar-refractivity contribution in [3.05, 3.63) is 94.0 Å². The SMILES string of the molecule is COc1cc(C=C(C#N)c2ccccc2)c(Br)cc1OCc1ccccc1.